The summed E-state index contributed by atoms with van der Waals surface area (Å²) in [6, 6.07) is 10.1. The lowest BCUT2D eigenvalue weighted by molar-refractivity contribution is -0.113. The van der Waals surface area contributed by atoms with Crippen LogP contribution in [0.3, 0.4) is 0 Å². The summed E-state index contributed by atoms with van der Waals surface area (Å²) in [7, 11) is 0. The summed E-state index contributed by atoms with van der Waals surface area (Å²) in [6.07, 6.45) is 3.63. The Bertz CT molecular complexity index is 515. The summed E-state index contributed by atoms with van der Waals surface area (Å²) in [4.78, 5) is 12.2. The van der Waals surface area contributed by atoms with E-state index in [2.05, 4.69) is 0 Å². The number of fused-ring (bicyclic) bond motifs is 3. The van der Waals surface area contributed by atoms with E-state index in [0.29, 0.717) is 24.2 Å². The van der Waals surface area contributed by atoms with Gasteiger partial charge in [-0.25, -0.2) is 0 Å². The molecule has 2 fully saturated rings. The smallest absolute Gasteiger partial charge is 0.164 e. The van der Waals surface area contributed by atoms with Crippen LogP contribution in [0.2, 0.25) is 0 Å². The van der Waals surface area contributed by atoms with E-state index in [1.54, 1.807) is 0 Å². The quantitative estimate of drug-likeness (QED) is 0.689. The fourth-order valence-corrected chi connectivity index (χ4v) is 3.37. The molecule has 1 unspecified atom stereocenters. The van der Waals surface area contributed by atoms with Crippen molar-refractivity contribution in [3.05, 3.63) is 41.5 Å². The molecule has 3 atom stereocenters. The van der Waals surface area contributed by atoms with Gasteiger partial charge in [0.2, 0.25) is 0 Å². The lowest BCUT2D eigenvalue weighted by Crippen LogP contribution is -2.14. The maximum Gasteiger partial charge on any atom is 0.164 e. The number of ether oxygens (including phenoxy) is 1. The Morgan fingerprint density at radius 1 is 1.12 bits per heavy atom. The Balaban J connectivity index is 1.86. The van der Waals surface area contributed by atoms with Gasteiger partial charge < -0.3 is 4.74 Å². The van der Waals surface area contributed by atoms with Crippen molar-refractivity contribution in [3.63, 3.8) is 0 Å². The second kappa shape index (κ2) is 3.30. The monoisotopic (exact) mass is 226 g/mol. The van der Waals surface area contributed by atoms with Gasteiger partial charge in [0.05, 0.1) is 6.10 Å². The van der Waals surface area contributed by atoms with Crippen molar-refractivity contribution >= 4 is 11.4 Å². The standard InChI is InChI=1S/C15H14O2/c16-11-8-10-6-7-12-15(17-12)14(10)13(11)9-4-2-1-3-5-9/h1-5,10,12,15H,6-8H2/t10?,12-,15-/m0/s1. The third-order valence-corrected chi connectivity index (χ3v) is 4.19. The van der Waals surface area contributed by atoms with Crippen molar-refractivity contribution in [2.24, 2.45) is 5.92 Å². The molecule has 2 nitrogen and oxygen atoms in total. The van der Waals surface area contributed by atoms with Gasteiger partial charge in [0.25, 0.3) is 0 Å². The van der Waals surface area contributed by atoms with Crippen molar-refractivity contribution in [2.75, 3.05) is 0 Å². The minimum absolute atomic E-state index is 0.260. The molecule has 1 aliphatic heterocycles. The van der Waals surface area contributed by atoms with Crippen molar-refractivity contribution in [2.45, 2.75) is 31.5 Å². The maximum absolute atomic E-state index is 12.2. The summed E-state index contributed by atoms with van der Waals surface area (Å²) in [5.74, 6) is 0.772. The van der Waals surface area contributed by atoms with Crippen molar-refractivity contribution < 1.29 is 9.53 Å². The first kappa shape index (κ1) is 9.60. The zero-order valence-electron chi connectivity index (χ0n) is 9.56. The Morgan fingerprint density at radius 2 is 1.94 bits per heavy atom. The number of carbonyl (C=O) groups excluding carboxylic acids is 1. The van der Waals surface area contributed by atoms with E-state index in [1.165, 1.54) is 5.57 Å². The van der Waals surface area contributed by atoms with E-state index in [1.807, 2.05) is 30.3 Å². The first-order valence-corrected chi connectivity index (χ1v) is 6.33. The average Bonchev–Trinajstić information content (AvgIpc) is 3.06. The zero-order valence-corrected chi connectivity index (χ0v) is 9.56. The largest absolute Gasteiger partial charge is 0.365 e. The van der Waals surface area contributed by atoms with E-state index < -0.39 is 0 Å². The van der Waals surface area contributed by atoms with Gasteiger partial charge in [0.15, 0.2) is 5.78 Å². The van der Waals surface area contributed by atoms with Crippen LogP contribution in [0, 0.1) is 5.92 Å². The van der Waals surface area contributed by atoms with E-state index in [4.69, 9.17) is 4.74 Å². The Morgan fingerprint density at radius 3 is 2.76 bits per heavy atom. The van der Waals surface area contributed by atoms with Crippen molar-refractivity contribution in [1.82, 2.24) is 0 Å². The molecule has 3 aliphatic rings. The first-order chi connectivity index (χ1) is 8.34. The fourth-order valence-electron chi connectivity index (χ4n) is 3.37. The summed E-state index contributed by atoms with van der Waals surface area (Å²) in [6.45, 7) is 0. The summed E-state index contributed by atoms with van der Waals surface area (Å²) < 4.78 is 5.68. The zero-order chi connectivity index (χ0) is 11.4. The van der Waals surface area contributed by atoms with Crippen molar-refractivity contribution in [1.29, 1.82) is 0 Å². The predicted molar refractivity (Wildman–Crippen MR) is 64.4 cm³/mol. The Labute approximate surface area is 100 Å². The summed E-state index contributed by atoms with van der Waals surface area (Å²) in [5, 5.41) is 0. The fraction of sp³-hybridized carbons (Fsp3) is 0.400. The van der Waals surface area contributed by atoms with Gasteiger partial charge in [-0.15, -0.1) is 0 Å². The highest BCUT2D eigenvalue weighted by molar-refractivity contribution is 6.24. The number of carbonyl (C=O) groups is 1. The van der Waals surface area contributed by atoms with Crippen LogP contribution >= 0.6 is 0 Å². The number of ketones is 1. The molecule has 0 N–H and O–H groups in total. The van der Waals surface area contributed by atoms with E-state index in [0.717, 1.165) is 24.0 Å². The number of allylic oxidation sites excluding steroid dienone is 1. The van der Waals surface area contributed by atoms with Crippen LogP contribution in [0.4, 0.5) is 0 Å². The number of hydrogen-bond donors (Lipinski definition) is 0. The van der Waals surface area contributed by atoms with Crippen molar-refractivity contribution in [3.8, 4) is 0 Å². The predicted octanol–water partition coefficient (Wildman–Crippen LogP) is 2.59. The van der Waals surface area contributed by atoms with Gasteiger partial charge in [-0.2, -0.15) is 0 Å². The third-order valence-electron chi connectivity index (χ3n) is 4.19. The second-order valence-electron chi connectivity index (χ2n) is 5.19. The molecule has 0 amide bonds. The highest BCUT2D eigenvalue weighted by Crippen LogP contribution is 2.51. The molecule has 86 valence electrons. The first-order valence-electron chi connectivity index (χ1n) is 6.33. The lowest BCUT2D eigenvalue weighted by Gasteiger charge is -2.16. The molecule has 1 aromatic carbocycles. The molecule has 1 saturated carbocycles. The lowest BCUT2D eigenvalue weighted by atomic mass is 9.84. The molecular weight excluding hydrogens is 212 g/mol. The van der Waals surface area contributed by atoms with Crippen LogP contribution in [0.25, 0.3) is 5.57 Å². The molecule has 0 bridgehead atoms. The van der Waals surface area contributed by atoms with Crippen LogP contribution < -0.4 is 0 Å². The van der Waals surface area contributed by atoms with Gasteiger partial charge in [-0.1, -0.05) is 30.3 Å². The molecule has 17 heavy (non-hydrogen) atoms. The van der Waals surface area contributed by atoms with Gasteiger partial charge in [0.1, 0.15) is 6.10 Å². The van der Waals surface area contributed by atoms with Gasteiger partial charge >= 0.3 is 0 Å². The summed E-state index contributed by atoms with van der Waals surface area (Å²) in [5.41, 5.74) is 3.34. The molecular formula is C15H14O2. The topological polar surface area (TPSA) is 29.6 Å². The normalized spacial score (nSPS) is 34.6. The highest BCUT2D eigenvalue weighted by atomic mass is 16.6. The molecule has 4 rings (SSSR count). The third kappa shape index (κ3) is 1.34. The van der Waals surface area contributed by atoms with Gasteiger partial charge in [0, 0.05) is 12.0 Å². The Kier molecular flexibility index (Phi) is 1.86. The minimum Gasteiger partial charge on any atom is -0.365 e. The van der Waals surface area contributed by atoms with Crippen LogP contribution in [-0.2, 0) is 9.53 Å². The summed E-state index contributed by atoms with van der Waals surface area (Å²) >= 11 is 0. The number of Topliss-reactive ketones (excluding diaryl/α,β-unsaturated/α-hetero) is 1. The van der Waals surface area contributed by atoms with Crippen LogP contribution in [0.1, 0.15) is 24.8 Å². The minimum atomic E-state index is 0.260. The number of epoxide rings is 1. The highest BCUT2D eigenvalue weighted by Gasteiger charge is 2.52. The van der Waals surface area contributed by atoms with Gasteiger partial charge in [-0.3, -0.25) is 4.79 Å². The van der Waals surface area contributed by atoms with E-state index >= 15 is 0 Å². The molecule has 2 aliphatic carbocycles. The van der Waals surface area contributed by atoms with E-state index in [9.17, 15) is 4.79 Å². The molecule has 2 heteroatoms. The number of hydrogen-bond acceptors (Lipinski definition) is 2. The maximum atomic E-state index is 12.2. The van der Waals surface area contributed by atoms with Gasteiger partial charge in [-0.05, 0) is 29.9 Å². The number of benzene rings is 1. The molecule has 0 radical (unpaired) electrons. The Hall–Kier alpha value is -1.41. The molecule has 0 aromatic heterocycles. The molecule has 1 heterocycles. The van der Waals surface area contributed by atoms with Crippen LogP contribution in [0.5, 0.6) is 0 Å². The molecule has 1 aromatic rings. The SMILES string of the molecule is O=C1CC2CC[C@@H]3O[C@@H]3C2=C1c1ccccc1. The number of rotatable bonds is 1. The van der Waals surface area contributed by atoms with Crippen LogP contribution in [0.15, 0.2) is 35.9 Å². The van der Waals surface area contributed by atoms with E-state index in [-0.39, 0.29) is 6.10 Å². The van der Waals surface area contributed by atoms with Crippen LogP contribution in [-0.4, -0.2) is 18.0 Å². The molecule has 1 saturated heterocycles. The second-order valence-corrected chi connectivity index (χ2v) is 5.19. The molecule has 0 spiro atoms. The average molecular weight is 226 g/mol.